The van der Waals surface area contributed by atoms with E-state index in [1.54, 1.807) is 20.8 Å². The minimum absolute atomic E-state index is 0.0381. The van der Waals surface area contributed by atoms with Gasteiger partial charge >= 0.3 is 5.97 Å². The quantitative estimate of drug-likeness (QED) is 0.561. The monoisotopic (exact) mass is 338 g/mol. The van der Waals surface area contributed by atoms with Crippen LogP contribution < -0.4 is 0 Å². The van der Waals surface area contributed by atoms with E-state index >= 15 is 0 Å². The van der Waals surface area contributed by atoms with Crippen LogP contribution in [0.4, 0.5) is 0 Å². The van der Waals surface area contributed by atoms with Crippen molar-refractivity contribution >= 4 is 16.1 Å². The molecule has 0 spiro atoms. The van der Waals surface area contributed by atoms with Gasteiger partial charge in [-0.05, 0) is 20.8 Å². The molecule has 0 unspecified atom stereocenters. The van der Waals surface area contributed by atoms with E-state index in [4.69, 9.17) is 18.4 Å². The molecule has 0 amide bonds. The lowest BCUT2D eigenvalue weighted by Gasteiger charge is -2.39. The smallest absolute Gasteiger partial charge is 0.338 e. The molecule has 2 rings (SSSR count). The first kappa shape index (κ1) is 17.6. The maximum atomic E-state index is 12.0. The molecule has 2 fully saturated rings. The van der Waals surface area contributed by atoms with Crippen LogP contribution in [0, 0.1) is 0 Å². The number of aliphatic hydroxyl groups is 1. The molecule has 1 aliphatic carbocycles. The summed E-state index contributed by atoms with van der Waals surface area (Å²) in [5.74, 6) is -1.77. The summed E-state index contributed by atoms with van der Waals surface area (Å²) in [6.45, 7) is 5.07. The Morgan fingerprint density at radius 3 is 2.50 bits per heavy atom. The summed E-state index contributed by atoms with van der Waals surface area (Å²) in [7, 11) is -3.79. The standard InChI is InChI=1S/C13H22O8S/c1-5-18-11(14)13(15)6-8-10(20-12(2,3)19-8)9(7-13)21-22(4,16)17/h8-10,15H,5-7H2,1-4H3/t8-,9-,10-,13+/m1/s1. The Labute approximate surface area is 129 Å². The van der Waals surface area contributed by atoms with E-state index in [1.807, 2.05) is 0 Å². The van der Waals surface area contributed by atoms with Crippen molar-refractivity contribution in [2.45, 2.75) is 63.3 Å². The zero-order valence-electron chi connectivity index (χ0n) is 13.1. The molecule has 0 aromatic carbocycles. The van der Waals surface area contributed by atoms with Gasteiger partial charge in [0.1, 0.15) is 12.2 Å². The molecule has 1 heterocycles. The normalized spacial score (nSPS) is 37.6. The Kier molecular flexibility index (Phi) is 4.58. The zero-order valence-corrected chi connectivity index (χ0v) is 13.9. The van der Waals surface area contributed by atoms with E-state index in [2.05, 4.69) is 0 Å². The number of ether oxygens (including phenoxy) is 3. The third-order valence-electron chi connectivity index (χ3n) is 3.62. The van der Waals surface area contributed by atoms with Gasteiger partial charge in [0, 0.05) is 12.8 Å². The summed E-state index contributed by atoms with van der Waals surface area (Å²) in [4.78, 5) is 12.0. The largest absolute Gasteiger partial charge is 0.464 e. The average molecular weight is 338 g/mol. The summed E-state index contributed by atoms with van der Waals surface area (Å²) >= 11 is 0. The molecule has 128 valence electrons. The van der Waals surface area contributed by atoms with Crippen LogP contribution in [0.15, 0.2) is 0 Å². The second-order valence-corrected chi connectivity index (χ2v) is 7.74. The van der Waals surface area contributed by atoms with Crippen LogP contribution in [0.2, 0.25) is 0 Å². The molecule has 0 radical (unpaired) electrons. The van der Waals surface area contributed by atoms with Crippen LogP contribution in [-0.4, -0.2) is 62.1 Å². The number of hydrogen-bond acceptors (Lipinski definition) is 8. The van der Waals surface area contributed by atoms with E-state index in [0.717, 1.165) is 6.26 Å². The molecular weight excluding hydrogens is 316 g/mol. The van der Waals surface area contributed by atoms with Crippen LogP contribution in [0.3, 0.4) is 0 Å². The minimum Gasteiger partial charge on any atom is -0.464 e. The molecule has 8 nitrogen and oxygen atoms in total. The molecule has 2 aliphatic rings. The van der Waals surface area contributed by atoms with Gasteiger partial charge in [-0.25, -0.2) is 4.79 Å². The van der Waals surface area contributed by atoms with Gasteiger partial charge in [-0.3, -0.25) is 4.18 Å². The molecule has 4 atom stereocenters. The molecule has 0 bridgehead atoms. The van der Waals surface area contributed by atoms with Gasteiger partial charge < -0.3 is 19.3 Å². The summed E-state index contributed by atoms with van der Waals surface area (Å²) in [5.41, 5.74) is -1.86. The second kappa shape index (κ2) is 5.72. The molecule has 22 heavy (non-hydrogen) atoms. The van der Waals surface area contributed by atoms with Crippen molar-refractivity contribution in [3.05, 3.63) is 0 Å². The Bertz CT molecular complexity index is 542. The highest BCUT2D eigenvalue weighted by Gasteiger charge is 2.58. The Morgan fingerprint density at radius 1 is 1.32 bits per heavy atom. The summed E-state index contributed by atoms with van der Waals surface area (Å²) in [5, 5.41) is 10.6. The molecule has 1 saturated heterocycles. The summed E-state index contributed by atoms with van der Waals surface area (Å²) in [6, 6.07) is 0. The number of carbonyl (C=O) groups is 1. The molecule has 0 aromatic heterocycles. The lowest BCUT2D eigenvalue weighted by molar-refractivity contribution is -0.179. The van der Waals surface area contributed by atoms with Crippen molar-refractivity contribution in [2.24, 2.45) is 0 Å². The maximum Gasteiger partial charge on any atom is 0.338 e. The first-order valence-electron chi connectivity index (χ1n) is 7.09. The predicted molar refractivity (Wildman–Crippen MR) is 74.4 cm³/mol. The SMILES string of the molecule is CCOC(=O)[C@]1(O)C[C@H]2OC(C)(C)O[C@H]2[C@H](OS(C)(=O)=O)C1. The number of fused-ring (bicyclic) bond motifs is 1. The number of rotatable bonds is 4. The van der Waals surface area contributed by atoms with E-state index in [9.17, 15) is 18.3 Å². The third-order valence-corrected chi connectivity index (χ3v) is 4.22. The Morgan fingerprint density at radius 2 is 1.95 bits per heavy atom. The van der Waals surface area contributed by atoms with Gasteiger partial charge in [-0.2, -0.15) is 8.42 Å². The molecule has 0 aromatic rings. The number of carbonyl (C=O) groups excluding carboxylic acids is 1. The fourth-order valence-corrected chi connectivity index (χ4v) is 3.57. The zero-order chi connectivity index (χ0) is 16.8. The van der Waals surface area contributed by atoms with E-state index < -0.39 is 45.8 Å². The minimum atomic E-state index is -3.79. The predicted octanol–water partition coefficient (Wildman–Crippen LogP) is -0.0607. The van der Waals surface area contributed by atoms with Gasteiger partial charge in [0.05, 0.1) is 19.0 Å². The van der Waals surface area contributed by atoms with Gasteiger partial charge in [-0.15, -0.1) is 0 Å². The van der Waals surface area contributed by atoms with Crippen LogP contribution in [-0.2, 0) is 33.3 Å². The number of hydrogen-bond donors (Lipinski definition) is 1. The van der Waals surface area contributed by atoms with Gasteiger partial charge in [-0.1, -0.05) is 0 Å². The highest BCUT2D eigenvalue weighted by atomic mass is 32.2. The highest BCUT2D eigenvalue weighted by molar-refractivity contribution is 7.86. The van der Waals surface area contributed by atoms with Crippen molar-refractivity contribution in [1.29, 1.82) is 0 Å². The van der Waals surface area contributed by atoms with E-state index in [-0.39, 0.29) is 19.4 Å². The van der Waals surface area contributed by atoms with Crippen molar-refractivity contribution in [1.82, 2.24) is 0 Å². The fraction of sp³-hybridized carbons (Fsp3) is 0.923. The summed E-state index contributed by atoms with van der Waals surface area (Å²) in [6.07, 6.45) is -1.74. The van der Waals surface area contributed by atoms with Crippen molar-refractivity contribution in [2.75, 3.05) is 12.9 Å². The molecule has 1 N–H and O–H groups in total. The fourth-order valence-electron chi connectivity index (χ4n) is 2.95. The molecule has 1 aliphatic heterocycles. The first-order chi connectivity index (χ1) is 9.96. The average Bonchev–Trinajstić information content (AvgIpc) is 2.61. The van der Waals surface area contributed by atoms with Crippen molar-refractivity contribution in [3.63, 3.8) is 0 Å². The van der Waals surface area contributed by atoms with Crippen LogP contribution >= 0.6 is 0 Å². The van der Waals surface area contributed by atoms with Gasteiger partial charge in [0.25, 0.3) is 10.1 Å². The summed E-state index contributed by atoms with van der Waals surface area (Å²) < 4.78 is 44.1. The van der Waals surface area contributed by atoms with Gasteiger partial charge in [0.15, 0.2) is 11.4 Å². The third kappa shape index (κ3) is 3.77. The second-order valence-electron chi connectivity index (χ2n) is 6.14. The first-order valence-corrected chi connectivity index (χ1v) is 8.91. The van der Waals surface area contributed by atoms with Crippen LogP contribution in [0.5, 0.6) is 0 Å². The van der Waals surface area contributed by atoms with Crippen molar-refractivity contribution < 1.29 is 36.7 Å². The number of esters is 1. The van der Waals surface area contributed by atoms with E-state index in [1.165, 1.54) is 0 Å². The maximum absolute atomic E-state index is 12.0. The van der Waals surface area contributed by atoms with Gasteiger partial charge in [0.2, 0.25) is 0 Å². The van der Waals surface area contributed by atoms with Crippen molar-refractivity contribution in [3.8, 4) is 0 Å². The molecular formula is C13H22O8S. The van der Waals surface area contributed by atoms with E-state index in [0.29, 0.717) is 0 Å². The highest BCUT2D eigenvalue weighted by Crippen LogP contribution is 2.42. The molecule has 1 saturated carbocycles. The lowest BCUT2D eigenvalue weighted by Crippen LogP contribution is -2.56. The Balaban J connectivity index is 2.28. The topological polar surface area (TPSA) is 108 Å². The van der Waals surface area contributed by atoms with Crippen LogP contribution in [0.1, 0.15) is 33.6 Å². The Hall–Kier alpha value is -0.740. The van der Waals surface area contributed by atoms with Crippen LogP contribution in [0.25, 0.3) is 0 Å². The molecule has 9 heteroatoms. The lowest BCUT2D eigenvalue weighted by atomic mass is 9.80.